The van der Waals surface area contributed by atoms with Crippen LogP contribution < -0.4 is 27.8 Å². The Morgan fingerprint density at radius 2 is 1.59 bits per heavy atom. The summed E-state index contributed by atoms with van der Waals surface area (Å²) >= 11 is 0. The van der Waals surface area contributed by atoms with Gasteiger partial charge in [-0.05, 0) is 36.5 Å². The number of nitrogens with two attached hydrogens (primary N) is 3. The third-order valence-corrected chi connectivity index (χ3v) is 5.93. The Bertz CT molecular complexity index is 1240. The highest BCUT2D eigenvalue weighted by Crippen LogP contribution is 2.19. The van der Waals surface area contributed by atoms with Crippen molar-refractivity contribution in [3.05, 3.63) is 71.9 Å². The monoisotopic (exact) mass is 507 g/mol. The molecule has 0 aliphatic rings. The molecule has 10 N–H and O–H groups in total. The molecule has 2 amide bonds. The van der Waals surface area contributed by atoms with Crippen LogP contribution in [0.2, 0.25) is 0 Å². The van der Waals surface area contributed by atoms with E-state index >= 15 is 0 Å². The first kappa shape index (κ1) is 27.2. The minimum atomic E-state index is -1.20. The quantitative estimate of drug-likeness (QED) is 0.0984. The molecule has 11 nitrogen and oxygen atoms in total. The van der Waals surface area contributed by atoms with Crippen LogP contribution in [0.5, 0.6) is 0 Å². The summed E-state index contributed by atoms with van der Waals surface area (Å²) in [7, 11) is 0. The van der Waals surface area contributed by atoms with Gasteiger partial charge in [-0.25, -0.2) is 4.79 Å². The lowest BCUT2D eigenvalue weighted by Crippen LogP contribution is -2.55. The fourth-order valence-corrected chi connectivity index (χ4v) is 4.00. The smallest absolute Gasteiger partial charge is 0.326 e. The molecule has 1 aromatic heterocycles. The molecule has 1 heterocycles. The van der Waals surface area contributed by atoms with Crippen molar-refractivity contribution in [2.45, 2.75) is 43.8 Å². The molecule has 3 aromatic rings. The van der Waals surface area contributed by atoms with Crippen molar-refractivity contribution < 1.29 is 19.5 Å². The molecule has 0 bridgehead atoms. The zero-order chi connectivity index (χ0) is 26.8. The van der Waals surface area contributed by atoms with Gasteiger partial charge in [0.15, 0.2) is 5.96 Å². The van der Waals surface area contributed by atoms with Crippen LogP contribution in [0, 0.1) is 0 Å². The van der Waals surface area contributed by atoms with E-state index in [1.165, 1.54) is 0 Å². The number of carbonyl (C=O) groups is 3. The Labute approximate surface area is 214 Å². The molecule has 3 atom stereocenters. The number of benzene rings is 2. The number of guanidine groups is 1. The average molecular weight is 508 g/mol. The Morgan fingerprint density at radius 1 is 0.919 bits per heavy atom. The molecule has 0 aliphatic heterocycles. The molecule has 0 saturated heterocycles. The highest BCUT2D eigenvalue weighted by Gasteiger charge is 2.28. The van der Waals surface area contributed by atoms with Gasteiger partial charge in [0.1, 0.15) is 12.1 Å². The highest BCUT2D eigenvalue weighted by molar-refractivity contribution is 5.93. The van der Waals surface area contributed by atoms with Crippen molar-refractivity contribution >= 4 is 34.6 Å². The number of H-pyrrole nitrogens is 1. The SMILES string of the molecule is NC(N)=NCCCC(NC(=O)C(Cc1c[nH]c2ccccc12)NC(=O)C(N)Cc1ccccc1)C(=O)O. The first-order chi connectivity index (χ1) is 17.7. The second-order valence-electron chi connectivity index (χ2n) is 8.77. The summed E-state index contributed by atoms with van der Waals surface area (Å²) in [5.74, 6) is -2.43. The van der Waals surface area contributed by atoms with Crippen LogP contribution in [0.15, 0.2) is 65.8 Å². The van der Waals surface area contributed by atoms with Crippen LogP contribution in [0.25, 0.3) is 10.9 Å². The second-order valence-corrected chi connectivity index (χ2v) is 8.77. The molecule has 0 radical (unpaired) electrons. The van der Waals surface area contributed by atoms with E-state index in [1.54, 1.807) is 6.20 Å². The third-order valence-electron chi connectivity index (χ3n) is 5.93. The Hall–Kier alpha value is -4.38. The molecule has 0 spiro atoms. The van der Waals surface area contributed by atoms with E-state index in [0.29, 0.717) is 6.42 Å². The number of aromatic amines is 1. The average Bonchev–Trinajstić information content (AvgIpc) is 3.28. The van der Waals surface area contributed by atoms with Crippen molar-refractivity contribution in [2.24, 2.45) is 22.2 Å². The number of carboxylic acid groups (broad SMARTS) is 1. The fourth-order valence-electron chi connectivity index (χ4n) is 4.00. The molecule has 0 fully saturated rings. The third kappa shape index (κ3) is 8.07. The predicted molar refractivity (Wildman–Crippen MR) is 142 cm³/mol. The maximum atomic E-state index is 13.3. The number of aromatic nitrogens is 1. The van der Waals surface area contributed by atoms with E-state index in [1.807, 2.05) is 54.6 Å². The Kier molecular flexibility index (Phi) is 9.61. The van der Waals surface area contributed by atoms with E-state index in [0.717, 1.165) is 22.0 Å². The normalized spacial score (nSPS) is 13.3. The van der Waals surface area contributed by atoms with Gasteiger partial charge in [-0.3, -0.25) is 14.6 Å². The summed E-state index contributed by atoms with van der Waals surface area (Å²) in [5, 5.41) is 15.8. The van der Waals surface area contributed by atoms with Gasteiger partial charge in [0, 0.05) is 30.1 Å². The molecule has 0 aliphatic carbocycles. The van der Waals surface area contributed by atoms with Crippen molar-refractivity contribution in [3.8, 4) is 0 Å². The largest absolute Gasteiger partial charge is 0.480 e. The molecule has 37 heavy (non-hydrogen) atoms. The van der Waals surface area contributed by atoms with Crippen molar-refractivity contribution in [1.29, 1.82) is 0 Å². The molecule has 11 heteroatoms. The fraction of sp³-hybridized carbons (Fsp3) is 0.308. The molecular formula is C26H33N7O4. The van der Waals surface area contributed by atoms with Gasteiger partial charge in [0.2, 0.25) is 11.8 Å². The maximum Gasteiger partial charge on any atom is 0.326 e. The Balaban J connectivity index is 1.75. The van der Waals surface area contributed by atoms with Gasteiger partial charge in [-0.2, -0.15) is 0 Å². The molecule has 3 unspecified atom stereocenters. The number of aliphatic imine (C=N–C) groups is 1. The minimum Gasteiger partial charge on any atom is -0.480 e. The van der Waals surface area contributed by atoms with E-state index < -0.39 is 35.9 Å². The van der Waals surface area contributed by atoms with Gasteiger partial charge >= 0.3 is 5.97 Å². The van der Waals surface area contributed by atoms with E-state index in [9.17, 15) is 19.5 Å². The van der Waals surface area contributed by atoms with Crippen LogP contribution in [-0.2, 0) is 27.2 Å². The zero-order valence-corrected chi connectivity index (χ0v) is 20.4. The number of carboxylic acids is 1. The summed E-state index contributed by atoms with van der Waals surface area (Å²) in [4.78, 5) is 45.0. The van der Waals surface area contributed by atoms with Crippen LogP contribution in [0.3, 0.4) is 0 Å². The summed E-state index contributed by atoms with van der Waals surface area (Å²) in [6.45, 7) is 0.228. The first-order valence-electron chi connectivity index (χ1n) is 12.0. The zero-order valence-electron chi connectivity index (χ0n) is 20.4. The lowest BCUT2D eigenvalue weighted by molar-refractivity contribution is -0.142. The summed E-state index contributed by atoms with van der Waals surface area (Å²) < 4.78 is 0. The molecule has 3 rings (SSSR count). The van der Waals surface area contributed by atoms with Crippen LogP contribution in [0.4, 0.5) is 0 Å². The lowest BCUT2D eigenvalue weighted by atomic mass is 10.0. The number of hydrogen-bond acceptors (Lipinski definition) is 5. The lowest BCUT2D eigenvalue weighted by Gasteiger charge is -2.23. The van der Waals surface area contributed by atoms with Crippen LogP contribution >= 0.6 is 0 Å². The van der Waals surface area contributed by atoms with E-state index in [-0.39, 0.29) is 31.8 Å². The van der Waals surface area contributed by atoms with Crippen molar-refractivity contribution in [2.75, 3.05) is 6.54 Å². The topological polar surface area (TPSA) is 202 Å². The number of carbonyl (C=O) groups excluding carboxylic acids is 2. The Morgan fingerprint density at radius 3 is 2.30 bits per heavy atom. The molecule has 0 saturated carbocycles. The van der Waals surface area contributed by atoms with Crippen LogP contribution in [-0.4, -0.2) is 58.5 Å². The number of nitrogens with one attached hydrogen (secondary N) is 3. The maximum absolute atomic E-state index is 13.3. The van der Waals surface area contributed by atoms with Gasteiger partial charge < -0.3 is 37.9 Å². The number of hydrogen-bond donors (Lipinski definition) is 7. The van der Waals surface area contributed by atoms with Crippen molar-refractivity contribution in [1.82, 2.24) is 15.6 Å². The molecule has 196 valence electrons. The minimum absolute atomic E-state index is 0.0933. The van der Waals surface area contributed by atoms with E-state index in [2.05, 4.69) is 20.6 Å². The molecular weight excluding hydrogens is 474 g/mol. The number of para-hydroxylation sites is 1. The van der Waals surface area contributed by atoms with Crippen LogP contribution in [0.1, 0.15) is 24.0 Å². The molecule has 2 aromatic carbocycles. The van der Waals surface area contributed by atoms with Gasteiger partial charge in [0.05, 0.1) is 6.04 Å². The summed E-state index contributed by atoms with van der Waals surface area (Å²) in [6, 6.07) is 13.8. The van der Waals surface area contributed by atoms with Crippen molar-refractivity contribution in [3.63, 3.8) is 0 Å². The first-order valence-corrected chi connectivity index (χ1v) is 12.0. The highest BCUT2D eigenvalue weighted by atomic mass is 16.4. The summed E-state index contributed by atoms with van der Waals surface area (Å²) in [6.07, 6.45) is 2.65. The van der Waals surface area contributed by atoms with E-state index in [4.69, 9.17) is 17.2 Å². The standard InChI is InChI=1S/C26H33N7O4/c27-19(13-16-7-2-1-3-8-16)23(34)33-22(14-17-15-31-20-10-5-4-9-18(17)20)24(35)32-21(25(36)37)11-6-12-30-26(28)29/h1-5,7-10,15,19,21-22,31H,6,11-14,27H2,(H,32,35)(H,33,34)(H,36,37)(H4,28,29,30). The van der Waals surface area contributed by atoms with Gasteiger partial charge in [0.25, 0.3) is 0 Å². The number of rotatable bonds is 13. The van der Waals surface area contributed by atoms with Gasteiger partial charge in [-0.15, -0.1) is 0 Å². The number of nitrogens with zero attached hydrogens (tertiary/aromatic N) is 1. The summed E-state index contributed by atoms with van der Waals surface area (Å²) in [5.41, 5.74) is 19.3. The second kappa shape index (κ2) is 13.1. The number of amides is 2. The van der Waals surface area contributed by atoms with Gasteiger partial charge in [-0.1, -0.05) is 48.5 Å². The predicted octanol–water partition coefficient (Wildman–Crippen LogP) is 0.388. The number of fused-ring (bicyclic) bond motifs is 1. The number of aliphatic carboxylic acids is 1.